The third kappa shape index (κ3) is 3.23. The van der Waals surface area contributed by atoms with E-state index in [9.17, 15) is 9.90 Å². The Labute approximate surface area is 132 Å². The number of hydrogen-bond acceptors (Lipinski definition) is 5. The first-order valence-corrected chi connectivity index (χ1v) is 7.84. The zero-order valence-corrected chi connectivity index (χ0v) is 13.0. The van der Waals surface area contributed by atoms with Gasteiger partial charge in [-0.05, 0) is 36.1 Å². The van der Waals surface area contributed by atoms with E-state index >= 15 is 0 Å². The number of carbonyl (C=O) groups is 1. The Hall–Kier alpha value is -2.05. The first-order valence-electron chi connectivity index (χ1n) is 6.96. The minimum absolute atomic E-state index is 0.108. The van der Waals surface area contributed by atoms with Gasteiger partial charge < -0.3 is 19.9 Å². The molecule has 0 saturated carbocycles. The third-order valence-electron chi connectivity index (χ3n) is 3.54. The van der Waals surface area contributed by atoms with Crippen LogP contribution < -0.4 is 14.8 Å². The normalized spacial score (nSPS) is 15.4. The van der Waals surface area contributed by atoms with Crippen LogP contribution in [0.1, 0.15) is 17.4 Å². The molecule has 0 unspecified atom stereocenters. The largest absolute Gasteiger partial charge is 0.454 e. The van der Waals surface area contributed by atoms with Crippen molar-refractivity contribution in [2.45, 2.75) is 18.9 Å². The summed E-state index contributed by atoms with van der Waals surface area (Å²) >= 11 is 1.54. The van der Waals surface area contributed by atoms with E-state index in [0.717, 1.165) is 4.88 Å². The number of ether oxygens (including phenoxy) is 2. The number of benzene rings is 1. The Bertz CT molecular complexity index is 667. The van der Waals surface area contributed by atoms with Crippen molar-refractivity contribution < 1.29 is 19.4 Å². The maximum Gasteiger partial charge on any atom is 0.231 e. The molecule has 1 aliphatic heterocycles. The second kappa shape index (κ2) is 5.98. The molecule has 1 atom stereocenters. The summed E-state index contributed by atoms with van der Waals surface area (Å²) < 4.78 is 10.6. The summed E-state index contributed by atoms with van der Waals surface area (Å²) in [7, 11) is 0. The molecule has 0 spiro atoms. The molecule has 0 bridgehead atoms. The number of nitrogens with one attached hydrogen (secondary N) is 1. The molecule has 1 aromatic heterocycles. The first-order chi connectivity index (χ1) is 10.5. The lowest BCUT2D eigenvalue weighted by molar-refractivity contribution is -0.121. The van der Waals surface area contributed by atoms with Crippen molar-refractivity contribution in [1.82, 2.24) is 5.32 Å². The van der Waals surface area contributed by atoms with E-state index < -0.39 is 5.60 Å². The van der Waals surface area contributed by atoms with E-state index in [1.54, 1.807) is 36.5 Å². The van der Waals surface area contributed by atoms with Gasteiger partial charge in [-0.3, -0.25) is 4.79 Å². The quantitative estimate of drug-likeness (QED) is 0.885. The highest BCUT2D eigenvalue weighted by Crippen LogP contribution is 2.35. The van der Waals surface area contributed by atoms with Crippen molar-refractivity contribution in [1.29, 1.82) is 0 Å². The van der Waals surface area contributed by atoms with Crippen LogP contribution in [0.4, 0.5) is 0 Å². The molecule has 0 fully saturated rings. The molecule has 1 amide bonds. The van der Waals surface area contributed by atoms with E-state index in [2.05, 4.69) is 5.32 Å². The Morgan fingerprint density at radius 1 is 1.36 bits per heavy atom. The molecule has 0 aliphatic carbocycles. The minimum Gasteiger partial charge on any atom is -0.454 e. The van der Waals surface area contributed by atoms with Crippen LogP contribution in [-0.2, 0) is 16.8 Å². The first kappa shape index (κ1) is 14.9. The number of carbonyl (C=O) groups excluding carboxylic acids is 1. The Kier molecular flexibility index (Phi) is 4.04. The third-order valence-corrected chi connectivity index (χ3v) is 4.42. The number of rotatable bonds is 5. The van der Waals surface area contributed by atoms with Gasteiger partial charge in [-0.15, -0.1) is 11.3 Å². The van der Waals surface area contributed by atoms with Gasteiger partial charge in [0.15, 0.2) is 11.5 Å². The number of thiophene rings is 1. The van der Waals surface area contributed by atoms with Gasteiger partial charge in [0.2, 0.25) is 12.7 Å². The van der Waals surface area contributed by atoms with Gasteiger partial charge in [-0.1, -0.05) is 12.1 Å². The molecule has 1 aromatic carbocycles. The zero-order valence-electron chi connectivity index (χ0n) is 12.2. The Morgan fingerprint density at radius 3 is 2.95 bits per heavy atom. The molecule has 0 saturated heterocycles. The summed E-state index contributed by atoms with van der Waals surface area (Å²) in [6.07, 6.45) is 0.328. The summed E-state index contributed by atoms with van der Waals surface area (Å²) in [5.74, 6) is 1.17. The lowest BCUT2D eigenvalue weighted by atomic mass is 9.95. The zero-order chi connectivity index (χ0) is 15.6. The van der Waals surface area contributed by atoms with E-state index in [1.165, 1.54) is 0 Å². The summed E-state index contributed by atoms with van der Waals surface area (Å²) in [6, 6.07) is 9.11. The number of hydrogen-bond donors (Lipinski definition) is 2. The highest BCUT2D eigenvalue weighted by molar-refractivity contribution is 7.10. The van der Waals surface area contributed by atoms with Gasteiger partial charge in [0.05, 0.1) is 13.0 Å². The van der Waals surface area contributed by atoms with Crippen LogP contribution in [0, 0.1) is 0 Å². The lowest BCUT2D eigenvalue weighted by Crippen LogP contribution is -2.39. The van der Waals surface area contributed by atoms with Crippen LogP contribution in [0.15, 0.2) is 35.7 Å². The predicted molar refractivity (Wildman–Crippen MR) is 83.2 cm³/mol. The van der Waals surface area contributed by atoms with Crippen LogP contribution in [0.3, 0.4) is 0 Å². The number of fused-ring (bicyclic) bond motifs is 1. The van der Waals surface area contributed by atoms with Gasteiger partial charge in [0.1, 0.15) is 5.60 Å². The fourth-order valence-corrected chi connectivity index (χ4v) is 2.94. The molecule has 1 aliphatic rings. The molecule has 2 aromatic rings. The number of amides is 1. The van der Waals surface area contributed by atoms with E-state index in [1.807, 2.05) is 17.5 Å². The van der Waals surface area contributed by atoms with Gasteiger partial charge in [0.25, 0.3) is 0 Å². The molecule has 0 radical (unpaired) electrons. The van der Waals surface area contributed by atoms with Crippen molar-refractivity contribution in [3.05, 3.63) is 46.2 Å². The summed E-state index contributed by atoms with van der Waals surface area (Å²) in [5, 5.41) is 15.3. The molecular weight excluding hydrogens is 302 g/mol. The smallest absolute Gasteiger partial charge is 0.231 e. The van der Waals surface area contributed by atoms with Crippen LogP contribution in [0.25, 0.3) is 0 Å². The second-order valence-corrected chi connectivity index (χ2v) is 6.41. The summed E-state index contributed by atoms with van der Waals surface area (Å²) in [6.45, 7) is 1.99. The minimum atomic E-state index is -1.17. The highest BCUT2D eigenvalue weighted by Gasteiger charge is 2.26. The van der Waals surface area contributed by atoms with Gasteiger partial charge in [-0.25, -0.2) is 0 Å². The van der Waals surface area contributed by atoms with Crippen molar-refractivity contribution in [3.63, 3.8) is 0 Å². The molecule has 2 heterocycles. The summed E-state index contributed by atoms with van der Waals surface area (Å²) in [5.41, 5.74) is -0.500. The highest BCUT2D eigenvalue weighted by atomic mass is 32.1. The van der Waals surface area contributed by atoms with Crippen LogP contribution in [0.5, 0.6) is 11.5 Å². The summed E-state index contributed by atoms with van der Waals surface area (Å²) in [4.78, 5) is 12.9. The Morgan fingerprint density at radius 2 is 2.18 bits per heavy atom. The molecular formula is C16H17NO4S. The van der Waals surface area contributed by atoms with Crippen LogP contribution >= 0.6 is 11.3 Å². The van der Waals surface area contributed by atoms with Crippen molar-refractivity contribution in [2.24, 2.45) is 0 Å². The van der Waals surface area contributed by atoms with E-state index in [-0.39, 0.29) is 19.2 Å². The van der Waals surface area contributed by atoms with E-state index in [4.69, 9.17) is 9.47 Å². The molecule has 2 N–H and O–H groups in total. The molecule has 6 heteroatoms. The fraction of sp³-hybridized carbons (Fsp3) is 0.312. The van der Waals surface area contributed by atoms with Crippen molar-refractivity contribution >= 4 is 17.2 Å². The topological polar surface area (TPSA) is 67.8 Å². The fourth-order valence-electron chi connectivity index (χ4n) is 2.24. The van der Waals surface area contributed by atoms with Crippen molar-refractivity contribution in [2.75, 3.05) is 13.3 Å². The average Bonchev–Trinajstić information content (AvgIpc) is 3.15. The Balaban J connectivity index is 1.62. The van der Waals surface area contributed by atoms with Crippen LogP contribution in [-0.4, -0.2) is 24.4 Å². The number of aliphatic hydroxyl groups is 1. The SMILES string of the molecule is C[C@@](O)(CNC(=O)Cc1cccs1)c1ccc2c(c1)OCO2. The van der Waals surface area contributed by atoms with E-state index in [0.29, 0.717) is 23.5 Å². The average molecular weight is 319 g/mol. The second-order valence-electron chi connectivity index (χ2n) is 5.37. The molecule has 22 heavy (non-hydrogen) atoms. The molecule has 3 rings (SSSR count). The van der Waals surface area contributed by atoms with Gasteiger partial charge in [0, 0.05) is 4.88 Å². The lowest BCUT2D eigenvalue weighted by Gasteiger charge is -2.24. The molecule has 116 valence electrons. The van der Waals surface area contributed by atoms with Crippen molar-refractivity contribution in [3.8, 4) is 11.5 Å². The maximum absolute atomic E-state index is 11.9. The molecule has 5 nitrogen and oxygen atoms in total. The monoisotopic (exact) mass is 319 g/mol. The standard InChI is InChI=1S/C16H17NO4S/c1-16(19,9-17-15(18)8-12-3-2-6-22-12)11-4-5-13-14(7-11)21-10-20-13/h2-7,19H,8-10H2,1H3,(H,17,18)/t16-/m1/s1. The maximum atomic E-state index is 11.9. The van der Waals surface area contributed by atoms with Gasteiger partial charge >= 0.3 is 0 Å². The van der Waals surface area contributed by atoms with Crippen LogP contribution in [0.2, 0.25) is 0 Å². The predicted octanol–water partition coefficient (Wildman–Crippen LogP) is 2.04. The van der Waals surface area contributed by atoms with Gasteiger partial charge in [-0.2, -0.15) is 0 Å².